The van der Waals surface area contributed by atoms with Crippen LogP contribution in [0.1, 0.15) is 30.9 Å². The van der Waals surface area contributed by atoms with Crippen LogP contribution in [0.4, 0.5) is 10.1 Å². The highest BCUT2D eigenvalue weighted by Crippen LogP contribution is 2.17. The van der Waals surface area contributed by atoms with Gasteiger partial charge in [-0.25, -0.2) is 4.39 Å². The molecular weight excluding hydrogens is 321 g/mol. The maximum atomic E-state index is 13.6. The highest BCUT2D eigenvalue weighted by molar-refractivity contribution is 5.92. The van der Waals surface area contributed by atoms with Crippen molar-refractivity contribution in [2.45, 2.75) is 32.6 Å². The topological polar surface area (TPSA) is 66.4 Å². The third kappa shape index (κ3) is 6.03. The number of amides is 1. The van der Waals surface area contributed by atoms with Crippen molar-refractivity contribution in [1.82, 2.24) is 0 Å². The van der Waals surface area contributed by atoms with Gasteiger partial charge in [0.2, 0.25) is 5.91 Å². The van der Waals surface area contributed by atoms with Crippen LogP contribution >= 0.6 is 0 Å². The van der Waals surface area contributed by atoms with Crippen molar-refractivity contribution in [3.63, 3.8) is 0 Å². The fourth-order valence-electron chi connectivity index (χ4n) is 2.53. The summed E-state index contributed by atoms with van der Waals surface area (Å²) in [6.45, 7) is 1.81. The maximum absolute atomic E-state index is 13.6. The van der Waals surface area contributed by atoms with Crippen LogP contribution < -0.4 is 5.32 Å². The molecule has 1 amide bonds. The quantitative estimate of drug-likeness (QED) is 0.760. The van der Waals surface area contributed by atoms with E-state index < -0.39 is 5.97 Å². The number of hydrogen-bond acceptors (Lipinski definition) is 2. The van der Waals surface area contributed by atoms with E-state index in [-0.39, 0.29) is 24.1 Å². The minimum absolute atomic E-state index is 0.0520. The van der Waals surface area contributed by atoms with E-state index in [0.717, 1.165) is 5.56 Å². The molecule has 25 heavy (non-hydrogen) atoms. The Labute approximate surface area is 146 Å². The van der Waals surface area contributed by atoms with E-state index in [1.54, 1.807) is 36.4 Å². The lowest BCUT2D eigenvalue weighted by Gasteiger charge is -2.13. The molecule has 0 aliphatic rings. The summed E-state index contributed by atoms with van der Waals surface area (Å²) >= 11 is 0. The Morgan fingerprint density at radius 3 is 2.60 bits per heavy atom. The molecule has 0 radical (unpaired) electrons. The number of hydrogen-bond donors (Lipinski definition) is 2. The van der Waals surface area contributed by atoms with Crippen LogP contribution in [-0.4, -0.2) is 17.0 Å². The average Bonchev–Trinajstić information content (AvgIpc) is 2.59. The largest absolute Gasteiger partial charge is 0.481 e. The number of benzene rings is 2. The predicted octanol–water partition coefficient (Wildman–Crippen LogP) is 4.05. The van der Waals surface area contributed by atoms with Gasteiger partial charge in [0.1, 0.15) is 5.82 Å². The van der Waals surface area contributed by atoms with E-state index in [9.17, 15) is 14.0 Å². The van der Waals surface area contributed by atoms with Crippen molar-refractivity contribution < 1.29 is 19.1 Å². The normalized spacial score (nSPS) is 11.8. The molecule has 4 nitrogen and oxygen atoms in total. The lowest BCUT2D eigenvalue weighted by Crippen LogP contribution is -2.21. The Balaban J connectivity index is 1.89. The number of rotatable bonds is 8. The molecule has 0 bridgehead atoms. The first kappa shape index (κ1) is 18.6. The van der Waals surface area contributed by atoms with Gasteiger partial charge in [-0.3, -0.25) is 9.59 Å². The summed E-state index contributed by atoms with van der Waals surface area (Å²) < 4.78 is 13.6. The standard InChI is InChI=1S/C20H22FNO3/c1-14(9-11-16-6-2-3-8-18(16)21)20(25)22-17-7-4-5-15(13-17)10-12-19(23)24/h2-8,13-14H,9-12H2,1H3,(H,22,25)(H,23,24). The van der Waals surface area contributed by atoms with Crippen molar-refractivity contribution in [2.75, 3.05) is 5.32 Å². The van der Waals surface area contributed by atoms with Crippen LogP contribution in [0.25, 0.3) is 0 Å². The maximum Gasteiger partial charge on any atom is 0.303 e. The molecular formula is C20H22FNO3. The predicted molar refractivity (Wildman–Crippen MR) is 94.9 cm³/mol. The van der Waals surface area contributed by atoms with E-state index >= 15 is 0 Å². The summed E-state index contributed by atoms with van der Waals surface area (Å²) in [7, 11) is 0. The molecule has 0 saturated heterocycles. The molecule has 5 heteroatoms. The molecule has 2 rings (SSSR count). The minimum Gasteiger partial charge on any atom is -0.481 e. The highest BCUT2D eigenvalue weighted by Gasteiger charge is 2.14. The first-order chi connectivity index (χ1) is 12.0. The van der Waals surface area contributed by atoms with Gasteiger partial charge in [0.25, 0.3) is 0 Å². The van der Waals surface area contributed by atoms with Gasteiger partial charge in [-0.05, 0) is 48.6 Å². The number of aryl methyl sites for hydroxylation is 2. The molecule has 0 heterocycles. The number of carbonyl (C=O) groups is 2. The molecule has 2 N–H and O–H groups in total. The number of carboxylic acids is 1. The van der Waals surface area contributed by atoms with Gasteiger partial charge in [0.05, 0.1) is 0 Å². The summed E-state index contributed by atoms with van der Waals surface area (Å²) in [5.41, 5.74) is 2.11. The Morgan fingerprint density at radius 2 is 1.88 bits per heavy atom. The third-order valence-corrected chi connectivity index (χ3v) is 4.07. The molecule has 132 valence electrons. The number of halogens is 1. The Kier molecular flexibility index (Phi) is 6.69. The number of anilines is 1. The van der Waals surface area contributed by atoms with Crippen LogP contribution in [0.2, 0.25) is 0 Å². The lowest BCUT2D eigenvalue weighted by atomic mass is 10.00. The number of carboxylic acid groups (broad SMARTS) is 1. The molecule has 0 fully saturated rings. The van der Waals surface area contributed by atoms with E-state index in [0.29, 0.717) is 30.5 Å². The fraction of sp³-hybridized carbons (Fsp3) is 0.300. The zero-order valence-corrected chi connectivity index (χ0v) is 14.2. The second kappa shape index (κ2) is 8.97. The minimum atomic E-state index is -0.851. The Hall–Kier alpha value is -2.69. The van der Waals surface area contributed by atoms with Crippen molar-refractivity contribution in [3.8, 4) is 0 Å². The second-order valence-corrected chi connectivity index (χ2v) is 6.11. The number of aliphatic carboxylic acids is 1. The molecule has 0 aliphatic heterocycles. The zero-order chi connectivity index (χ0) is 18.2. The molecule has 0 spiro atoms. The van der Waals surface area contributed by atoms with Crippen molar-refractivity contribution >= 4 is 17.6 Å². The van der Waals surface area contributed by atoms with Crippen LogP contribution in [0.5, 0.6) is 0 Å². The summed E-state index contributed by atoms with van der Waals surface area (Å²) in [6, 6.07) is 13.7. The summed E-state index contributed by atoms with van der Waals surface area (Å²) in [5.74, 6) is -1.49. The average molecular weight is 343 g/mol. The molecule has 0 aromatic heterocycles. The molecule has 0 aliphatic carbocycles. The Bertz CT molecular complexity index is 745. The highest BCUT2D eigenvalue weighted by atomic mass is 19.1. The van der Waals surface area contributed by atoms with Crippen LogP contribution in [-0.2, 0) is 22.4 Å². The smallest absolute Gasteiger partial charge is 0.303 e. The van der Waals surface area contributed by atoms with Crippen molar-refractivity contribution in [3.05, 3.63) is 65.5 Å². The van der Waals surface area contributed by atoms with E-state index in [2.05, 4.69) is 5.32 Å². The van der Waals surface area contributed by atoms with E-state index in [4.69, 9.17) is 5.11 Å². The van der Waals surface area contributed by atoms with Crippen LogP contribution in [0.3, 0.4) is 0 Å². The number of nitrogens with one attached hydrogen (secondary N) is 1. The summed E-state index contributed by atoms with van der Waals surface area (Å²) in [6.07, 6.45) is 1.52. The summed E-state index contributed by atoms with van der Waals surface area (Å²) in [4.78, 5) is 22.9. The van der Waals surface area contributed by atoms with Crippen LogP contribution in [0, 0.1) is 11.7 Å². The fourth-order valence-corrected chi connectivity index (χ4v) is 2.53. The monoisotopic (exact) mass is 343 g/mol. The van der Waals surface area contributed by atoms with Gasteiger partial charge in [-0.2, -0.15) is 0 Å². The molecule has 1 unspecified atom stereocenters. The van der Waals surface area contributed by atoms with E-state index in [1.807, 2.05) is 13.0 Å². The zero-order valence-electron chi connectivity index (χ0n) is 14.2. The molecule has 2 aromatic carbocycles. The number of carbonyl (C=O) groups excluding carboxylic acids is 1. The first-order valence-electron chi connectivity index (χ1n) is 8.30. The summed E-state index contributed by atoms with van der Waals surface area (Å²) in [5, 5.41) is 11.6. The van der Waals surface area contributed by atoms with Crippen LogP contribution in [0.15, 0.2) is 48.5 Å². The van der Waals surface area contributed by atoms with Gasteiger partial charge < -0.3 is 10.4 Å². The SMILES string of the molecule is CC(CCc1ccccc1F)C(=O)Nc1cccc(CCC(=O)O)c1. The Morgan fingerprint density at radius 1 is 1.12 bits per heavy atom. The lowest BCUT2D eigenvalue weighted by molar-refractivity contribution is -0.137. The van der Waals surface area contributed by atoms with Gasteiger partial charge >= 0.3 is 5.97 Å². The molecule has 1 atom stereocenters. The van der Waals surface area contributed by atoms with E-state index in [1.165, 1.54) is 6.07 Å². The van der Waals surface area contributed by atoms with Gasteiger partial charge in [0.15, 0.2) is 0 Å². The first-order valence-corrected chi connectivity index (χ1v) is 8.30. The van der Waals surface area contributed by atoms with Gasteiger partial charge in [-0.15, -0.1) is 0 Å². The van der Waals surface area contributed by atoms with Gasteiger partial charge in [-0.1, -0.05) is 37.3 Å². The van der Waals surface area contributed by atoms with Gasteiger partial charge in [0, 0.05) is 18.0 Å². The molecule has 2 aromatic rings. The third-order valence-electron chi connectivity index (χ3n) is 4.07. The second-order valence-electron chi connectivity index (χ2n) is 6.11. The molecule has 0 saturated carbocycles. The van der Waals surface area contributed by atoms with Crippen molar-refractivity contribution in [1.29, 1.82) is 0 Å². The van der Waals surface area contributed by atoms with Crippen molar-refractivity contribution in [2.24, 2.45) is 5.92 Å².